The number of nitrogens with one attached hydrogen (secondary N) is 1. The Morgan fingerprint density at radius 2 is 2.19 bits per heavy atom. The smallest absolute Gasteiger partial charge is 0.255 e. The molecule has 1 aromatic carbocycles. The molecule has 1 aliphatic carbocycles. The van der Waals surface area contributed by atoms with Crippen LogP contribution in [0, 0.1) is 5.82 Å². The van der Waals surface area contributed by atoms with Gasteiger partial charge in [0.1, 0.15) is 12.9 Å². The van der Waals surface area contributed by atoms with Crippen molar-refractivity contribution >= 4 is 33.6 Å². The molecule has 0 saturated heterocycles. The van der Waals surface area contributed by atoms with E-state index in [-0.39, 0.29) is 29.6 Å². The summed E-state index contributed by atoms with van der Waals surface area (Å²) in [6, 6.07) is 5.58. The predicted molar refractivity (Wildman–Crippen MR) is 98.1 cm³/mol. The van der Waals surface area contributed by atoms with Crippen LogP contribution in [-0.4, -0.2) is 46.9 Å². The van der Waals surface area contributed by atoms with E-state index in [0.29, 0.717) is 12.1 Å². The van der Waals surface area contributed by atoms with Crippen molar-refractivity contribution < 1.29 is 18.7 Å². The zero-order chi connectivity index (χ0) is 19.2. The van der Waals surface area contributed by atoms with Gasteiger partial charge in [-0.05, 0) is 36.6 Å². The Labute approximate surface area is 163 Å². The Morgan fingerprint density at radius 1 is 1.41 bits per heavy atom. The van der Waals surface area contributed by atoms with E-state index in [2.05, 4.69) is 31.2 Å². The lowest BCUT2D eigenvalue weighted by molar-refractivity contribution is -0.117. The standard InChI is InChI=1S/C18H16BrFN4O3/c1-27-16-14(20)15(21-9-22-16)23-13(25)7-24-8-18(4-5-18)12-6-10(19)2-3-11(12)17(24)26/h2-3,6,9H,4-5,7-8H2,1H3,(H,21,22,23,25). The molecular weight excluding hydrogens is 419 g/mol. The number of carbonyl (C=O) groups excluding carboxylic acids is 2. The van der Waals surface area contributed by atoms with Gasteiger partial charge in [0.05, 0.1) is 7.11 Å². The van der Waals surface area contributed by atoms with Crippen molar-refractivity contribution in [2.45, 2.75) is 18.3 Å². The van der Waals surface area contributed by atoms with Gasteiger partial charge in [0, 0.05) is 22.0 Å². The number of ether oxygens (including phenoxy) is 1. The number of benzene rings is 1. The summed E-state index contributed by atoms with van der Waals surface area (Å²) in [5.41, 5.74) is 1.56. The molecule has 1 aromatic heterocycles. The molecule has 1 N–H and O–H groups in total. The topological polar surface area (TPSA) is 84.4 Å². The Morgan fingerprint density at radius 3 is 2.89 bits per heavy atom. The minimum absolute atomic E-state index is 0.0866. The third kappa shape index (κ3) is 3.16. The monoisotopic (exact) mass is 434 g/mol. The van der Waals surface area contributed by atoms with Crippen LogP contribution in [0.1, 0.15) is 28.8 Å². The Kier molecular flexibility index (Phi) is 4.33. The minimum Gasteiger partial charge on any atom is -0.479 e. The first-order valence-corrected chi connectivity index (χ1v) is 9.16. The second-order valence-corrected chi connectivity index (χ2v) is 7.64. The molecule has 1 spiro atoms. The number of hydrogen-bond donors (Lipinski definition) is 1. The maximum Gasteiger partial charge on any atom is 0.255 e. The van der Waals surface area contributed by atoms with Crippen molar-refractivity contribution in [2.75, 3.05) is 25.5 Å². The molecule has 0 atom stereocenters. The van der Waals surface area contributed by atoms with Gasteiger partial charge in [-0.15, -0.1) is 0 Å². The summed E-state index contributed by atoms with van der Waals surface area (Å²) in [7, 11) is 1.27. The number of anilines is 1. The maximum absolute atomic E-state index is 14.1. The molecule has 0 unspecified atom stereocenters. The predicted octanol–water partition coefficient (Wildman–Crippen LogP) is 2.51. The van der Waals surface area contributed by atoms with Gasteiger partial charge in [-0.2, -0.15) is 9.37 Å². The Balaban J connectivity index is 1.53. The van der Waals surface area contributed by atoms with Crippen LogP contribution in [0.3, 0.4) is 0 Å². The summed E-state index contributed by atoms with van der Waals surface area (Å²) in [5.74, 6) is -2.12. The van der Waals surface area contributed by atoms with Crippen LogP contribution in [0.5, 0.6) is 5.88 Å². The first-order valence-electron chi connectivity index (χ1n) is 8.37. The number of aromatic nitrogens is 2. The van der Waals surface area contributed by atoms with Crippen LogP contribution in [0.25, 0.3) is 0 Å². The number of nitrogens with zero attached hydrogens (tertiary/aromatic N) is 3. The van der Waals surface area contributed by atoms with Crippen LogP contribution >= 0.6 is 15.9 Å². The number of halogens is 2. The highest BCUT2D eigenvalue weighted by molar-refractivity contribution is 9.10. The van der Waals surface area contributed by atoms with Gasteiger partial charge in [0.2, 0.25) is 11.7 Å². The van der Waals surface area contributed by atoms with E-state index in [9.17, 15) is 14.0 Å². The molecule has 0 bridgehead atoms. The summed E-state index contributed by atoms with van der Waals surface area (Å²) in [5, 5.41) is 2.39. The highest BCUT2D eigenvalue weighted by atomic mass is 79.9. The molecule has 0 radical (unpaired) electrons. The highest BCUT2D eigenvalue weighted by Crippen LogP contribution is 2.52. The lowest BCUT2D eigenvalue weighted by Gasteiger charge is -2.34. The lowest BCUT2D eigenvalue weighted by atomic mass is 9.86. The fourth-order valence-electron chi connectivity index (χ4n) is 3.47. The van der Waals surface area contributed by atoms with Crippen molar-refractivity contribution in [3.05, 3.63) is 45.9 Å². The van der Waals surface area contributed by atoms with Crippen LogP contribution in [0.2, 0.25) is 0 Å². The molecule has 7 nitrogen and oxygen atoms in total. The summed E-state index contributed by atoms with van der Waals surface area (Å²) in [4.78, 5) is 34.1. The van der Waals surface area contributed by atoms with Gasteiger partial charge in [-0.1, -0.05) is 15.9 Å². The SMILES string of the molecule is COc1ncnc(NC(=O)CN2CC3(CC3)c3cc(Br)ccc3C2=O)c1F. The summed E-state index contributed by atoms with van der Waals surface area (Å²) >= 11 is 3.45. The quantitative estimate of drug-likeness (QED) is 0.798. The van der Waals surface area contributed by atoms with Crippen molar-refractivity contribution in [3.8, 4) is 5.88 Å². The molecule has 27 heavy (non-hydrogen) atoms. The number of hydrogen-bond acceptors (Lipinski definition) is 5. The van der Waals surface area contributed by atoms with Crippen molar-refractivity contribution in [1.82, 2.24) is 14.9 Å². The first-order chi connectivity index (χ1) is 12.9. The largest absolute Gasteiger partial charge is 0.479 e. The van der Waals surface area contributed by atoms with Gasteiger partial charge in [-0.25, -0.2) is 4.98 Å². The van der Waals surface area contributed by atoms with E-state index >= 15 is 0 Å². The summed E-state index contributed by atoms with van der Waals surface area (Å²) < 4.78 is 19.8. The summed E-state index contributed by atoms with van der Waals surface area (Å²) in [6.07, 6.45) is 3.04. The van der Waals surface area contributed by atoms with Crippen molar-refractivity contribution in [3.63, 3.8) is 0 Å². The molecule has 2 amide bonds. The van der Waals surface area contributed by atoms with E-state index in [1.807, 2.05) is 12.1 Å². The Hall–Kier alpha value is -2.55. The average molecular weight is 435 g/mol. The average Bonchev–Trinajstić information content (AvgIpc) is 3.42. The van der Waals surface area contributed by atoms with E-state index < -0.39 is 11.7 Å². The first kappa shape index (κ1) is 17.8. The fraction of sp³-hybridized carbons (Fsp3) is 0.333. The number of carbonyl (C=O) groups is 2. The molecule has 2 heterocycles. The van der Waals surface area contributed by atoms with E-state index in [1.165, 1.54) is 12.0 Å². The van der Waals surface area contributed by atoms with Gasteiger partial charge < -0.3 is 15.0 Å². The van der Waals surface area contributed by atoms with Crippen LogP contribution in [-0.2, 0) is 10.2 Å². The molecule has 4 rings (SSSR count). The molecule has 1 fully saturated rings. The molecule has 1 aliphatic heterocycles. The number of amides is 2. The van der Waals surface area contributed by atoms with Crippen LogP contribution in [0.4, 0.5) is 10.2 Å². The second kappa shape index (κ2) is 6.56. The number of methoxy groups -OCH3 is 1. The van der Waals surface area contributed by atoms with Gasteiger partial charge in [-0.3, -0.25) is 9.59 Å². The van der Waals surface area contributed by atoms with Gasteiger partial charge >= 0.3 is 0 Å². The zero-order valence-electron chi connectivity index (χ0n) is 14.5. The normalized spacial score (nSPS) is 16.9. The molecule has 2 aromatic rings. The molecule has 9 heteroatoms. The van der Waals surface area contributed by atoms with Gasteiger partial charge in [0.25, 0.3) is 11.8 Å². The minimum atomic E-state index is -0.854. The molecule has 1 saturated carbocycles. The van der Waals surface area contributed by atoms with E-state index in [0.717, 1.165) is 29.2 Å². The Bertz CT molecular complexity index is 948. The fourth-order valence-corrected chi connectivity index (χ4v) is 3.83. The third-order valence-electron chi connectivity index (χ3n) is 4.96. The maximum atomic E-state index is 14.1. The summed E-state index contributed by atoms with van der Waals surface area (Å²) in [6.45, 7) is 0.292. The third-order valence-corrected chi connectivity index (χ3v) is 5.45. The van der Waals surface area contributed by atoms with Gasteiger partial charge in [0.15, 0.2) is 5.82 Å². The van der Waals surface area contributed by atoms with Crippen LogP contribution < -0.4 is 10.1 Å². The molecule has 2 aliphatic rings. The van der Waals surface area contributed by atoms with E-state index in [4.69, 9.17) is 4.74 Å². The van der Waals surface area contributed by atoms with Crippen molar-refractivity contribution in [1.29, 1.82) is 0 Å². The lowest BCUT2D eigenvalue weighted by Crippen LogP contribution is -2.46. The second-order valence-electron chi connectivity index (χ2n) is 6.73. The van der Waals surface area contributed by atoms with Crippen molar-refractivity contribution in [2.24, 2.45) is 0 Å². The van der Waals surface area contributed by atoms with E-state index in [1.54, 1.807) is 6.07 Å². The number of fused-ring (bicyclic) bond motifs is 2. The van der Waals surface area contributed by atoms with Crippen LogP contribution in [0.15, 0.2) is 29.0 Å². The highest BCUT2D eigenvalue weighted by Gasteiger charge is 2.51. The molecular formula is C18H16BrFN4O3. The zero-order valence-corrected chi connectivity index (χ0v) is 16.0. The number of rotatable bonds is 4. The molecule has 140 valence electrons.